The lowest BCUT2D eigenvalue weighted by Gasteiger charge is -2.35. The summed E-state index contributed by atoms with van der Waals surface area (Å²) in [5.41, 5.74) is 9.04. The molecule has 22 heavy (non-hydrogen) atoms. The summed E-state index contributed by atoms with van der Waals surface area (Å²) in [7, 11) is 0. The number of aromatic nitrogens is 3. The fraction of sp³-hybridized carbons (Fsp3) is 0.556. The minimum Gasteiger partial charge on any atom is -0.330 e. The highest BCUT2D eigenvalue weighted by atomic mass is 15.3. The van der Waals surface area contributed by atoms with Gasteiger partial charge in [0.25, 0.3) is 0 Å². The van der Waals surface area contributed by atoms with Crippen molar-refractivity contribution in [1.29, 1.82) is 0 Å². The first-order valence-corrected chi connectivity index (χ1v) is 8.55. The predicted molar refractivity (Wildman–Crippen MR) is 87.5 cm³/mol. The van der Waals surface area contributed by atoms with Gasteiger partial charge in [0.15, 0.2) is 0 Å². The molecule has 116 valence electrons. The van der Waals surface area contributed by atoms with Crippen LogP contribution >= 0.6 is 0 Å². The molecule has 2 fully saturated rings. The van der Waals surface area contributed by atoms with Crippen LogP contribution in [0.1, 0.15) is 56.2 Å². The van der Waals surface area contributed by atoms with E-state index in [4.69, 9.17) is 10.7 Å². The first-order chi connectivity index (χ1) is 10.8. The van der Waals surface area contributed by atoms with Crippen molar-refractivity contribution < 1.29 is 0 Å². The van der Waals surface area contributed by atoms with E-state index in [1.807, 2.05) is 6.20 Å². The van der Waals surface area contributed by atoms with Crippen LogP contribution in [0.5, 0.6) is 0 Å². The van der Waals surface area contributed by atoms with E-state index in [9.17, 15) is 0 Å². The Balaban J connectivity index is 1.42. The van der Waals surface area contributed by atoms with Crippen molar-refractivity contribution in [1.82, 2.24) is 14.8 Å². The quantitative estimate of drug-likeness (QED) is 0.887. The zero-order chi connectivity index (χ0) is 14.9. The molecule has 0 radical (unpaired) electrons. The third-order valence-corrected chi connectivity index (χ3v) is 5.06. The number of nitrogens with two attached hydrogens (primary N) is 1. The van der Waals surface area contributed by atoms with Gasteiger partial charge in [0.05, 0.1) is 17.9 Å². The maximum Gasteiger partial charge on any atom is 0.0736 e. The van der Waals surface area contributed by atoms with Crippen molar-refractivity contribution in [3.8, 4) is 11.3 Å². The van der Waals surface area contributed by atoms with Gasteiger partial charge in [-0.25, -0.2) is 0 Å². The van der Waals surface area contributed by atoms with Gasteiger partial charge in [-0.1, -0.05) is 6.07 Å². The normalized spacial score (nSPS) is 24.2. The van der Waals surface area contributed by atoms with Crippen LogP contribution in [-0.4, -0.2) is 21.3 Å². The second kappa shape index (κ2) is 5.84. The van der Waals surface area contributed by atoms with E-state index in [2.05, 4.69) is 34.2 Å². The van der Waals surface area contributed by atoms with E-state index in [-0.39, 0.29) is 0 Å². The predicted octanol–water partition coefficient (Wildman–Crippen LogP) is 3.51. The molecule has 0 saturated heterocycles. The van der Waals surface area contributed by atoms with Crippen LogP contribution in [0.2, 0.25) is 0 Å². The smallest absolute Gasteiger partial charge is 0.0736 e. The molecular weight excluding hydrogens is 272 g/mol. The first kappa shape index (κ1) is 13.9. The number of rotatable bonds is 6. The fourth-order valence-electron chi connectivity index (χ4n) is 3.45. The van der Waals surface area contributed by atoms with Crippen molar-refractivity contribution >= 4 is 0 Å². The van der Waals surface area contributed by atoms with Crippen LogP contribution < -0.4 is 5.73 Å². The van der Waals surface area contributed by atoms with Crippen molar-refractivity contribution in [2.75, 3.05) is 6.54 Å². The van der Waals surface area contributed by atoms with E-state index in [0.717, 1.165) is 30.1 Å². The molecule has 4 nitrogen and oxygen atoms in total. The van der Waals surface area contributed by atoms with Gasteiger partial charge in [-0.2, -0.15) is 5.10 Å². The zero-order valence-electron chi connectivity index (χ0n) is 13.0. The molecule has 2 aromatic heterocycles. The molecule has 2 heterocycles. The largest absolute Gasteiger partial charge is 0.330 e. The molecule has 0 amide bonds. The second-order valence-corrected chi connectivity index (χ2v) is 6.85. The molecule has 0 aromatic carbocycles. The first-order valence-electron chi connectivity index (χ1n) is 8.55. The molecule has 0 aliphatic heterocycles. The van der Waals surface area contributed by atoms with E-state index >= 15 is 0 Å². The van der Waals surface area contributed by atoms with Crippen LogP contribution in [0.4, 0.5) is 0 Å². The Kier molecular flexibility index (Phi) is 3.70. The van der Waals surface area contributed by atoms with Gasteiger partial charge in [-0.15, -0.1) is 0 Å². The van der Waals surface area contributed by atoms with Gasteiger partial charge in [-0.05, 0) is 63.1 Å². The van der Waals surface area contributed by atoms with Gasteiger partial charge in [0.2, 0.25) is 0 Å². The maximum absolute atomic E-state index is 5.58. The molecule has 0 spiro atoms. The molecule has 2 aromatic rings. The van der Waals surface area contributed by atoms with Crippen LogP contribution in [0.15, 0.2) is 30.6 Å². The van der Waals surface area contributed by atoms with Gasteiger partial charge in [0, 0.05) is 23.4 Å². The Morgan fingerprint density at radius 2 is 2.09 bits per heavy atom. The average molecular weight is 296 g/mol. The summed E-state index contributed by atoms with van der Waals surface area (Å²) in [5.74, 6) is 1.54. The van der Waals surface area contributed by atoms with Crippen molar-refractivity contribution in [3.63, 3.8) is 0 Å². The summed E-state index contributed by atoms with van der Waals surface area (Å²) >= 11 is 0. The third-order valence-electron chi connectivity index (χ3n) is 5.06. The Morgan fingerprint density at radius 3 is 2.86 bits per heavy atom. The van der Waals surface area contributed by atoms with Crippen LogP contribution in [0, 0.1) is 5.92 Å². The van der Waals surface area contributed by atoms with Gasteiger partial charge >= 0.3 is 0 Å². The molecule has 2 N–H and O–H groups in total. The van der Waals surface area contributed by atoms with Gasteiger partial charge < -0.3 is 5.73 Å². The average Bonchev–Trinajstić information content (AvgIpc) is 3.25. The molecule has 2 saturated carbocycles. The minimum absolute atomic E-state index is 0.572. The van der Waals surface area contributed by atoms with E-state index < -0.39 is 0 Å². The third kappa shape index (κ3) is 2.80. The molecule has 0 unspecified atom stereocenters. The molecular formula is C18H24N4. The number of nitrogens with zero attached hydrogens (tertiary/aromatic N) is 3. The highest BCUT2D eigenvalue weighted by Gasteiger charge is 2.30. The monoisotopic (exact) mass is 296 g/mol. The molecule has 0 bridgehead atoms. The lowest BCUT2D eigenvalue weighted by Crippen LogP contribution is -2.27. The van der Waals surface area contributed by atoms with Gasteiger partial charge in [-0.3, -0.25) is 9.67 Å². The Labute approximate surface area is 131 Å². The SMILES string of the molecule is NCCCC1CC(n2cc(-c3cccc(C4CC4)n3)cn2)C1. The topological polar surface area (TPSA) is 56.7 Å². The fourth-order valence-corrected chi connectivity index (χ4v) is 3.45. The summed E-state index contributed by atoms with van der Waals surface area (Å²) in [6, 6.07) is 6.94. The summed E-state index contributed by atoms with van der Waals surface area (Å²) < 4.78 is 2.14. The molecule has 0 atom stereocenters. The molecule has 4 heteroatoms. The standard InChI is InChI=1S/C18H24N4/c19-8-2-3-13-9-16(10-13)22-12-15(11-20-22)18-5-1-4-17(21-18)14-6-7-14/h1,4-5,11-14,16H,2-3,6-10,19H2. The van der Waals surface area contributed by atoms with Crippen molar-refractivity contribution in [2.45, 2.75) is 50.5 Å². The van der Waals surface area contributed by atoms with Crippen LogP contribution in [0.3, 0.4) is 0 Å². The van der Waals surface area contributed by atoms with E-state index in [1.165, 1.54) is 37.8 Å². The Morgan fingerprint density at radius 1 is 1.23 bits per heavy atom. The molecule has 2 aliphatic carbocycles. The lowest BCUT2D eigenvalue weighted by molar-refractivity contribution is 0.171. The second-order valence-electron chi connectivity index (χ2n) is 6.85. The lowest BCUT2D eigenvalue weighted by atomic mass is 9.77. The molecule has 2 aliphatic rings. The Hall–Kier alpha value is -1.68. The Bertz CT molecular complexity index is 638. The van der Waals surface area contributed by atoms with E-state index in [1.54, 1.807) is 0 Å². The number of hydrogen-bond acceptors (Lipinski definition) is 3. The number of pyridine rings is 1. The summed E-state index contributed by atoms with van der Waals surface area (Å²) in [5, 5.41) is 4.57. The summed E-state index contributed by atoms with van der Waals surface area (Å²) in [6.07, 6.45) is 11.6. The van der Waals surface area contributed by atoms with E-state index in [0.29, 0.717) is 12.0 Å². The zero-order valence-corrected chi connectivity index (χ0v) is 13.0. The summed E-state index contributed by atoms with van der Waals surface area (Å²) in [6.45, 7) is 0.816. The summed E-state index contributed by atoms with van der Waals surface area (Å²) in [4.78, 5) is 4.81. The van der Waals surface area contributed by atoms with Crippen LogP contribution in [0.25, 0.3) is 11.3 Å². The minimum atomic E-state index is 0.572. The maximum atomic E-state index is 5.58. The van der Waals surface area contributed by atoms with Crippen molar-refractivity contribution in [3.05, 3.63) is 36.3 Å². The highest BCUT2D eigenvalue weighted by Crippen LogP contribution is 2.41. The van der Waals surface area contributed by atoms with Crippen molar-refractivity contribution in [2.24, 2.45) is 11.7 Å². The number of hydrogen-bond donors (Lipinski definition) is 1. The van der Waals surface area contributed by atoms with Gasteiger partial charge in [0.1, 0.15) is 0 Å². The highest BCUT2D eigenvalue weighted by molar-refractivity contribution is 5.57. The molecule has 4 rings (SSSR count). The van der Waals surface area contributed by atoms with Crippen LogP contribution in [-0.2, 0) is 0 Å².